The van der Waals surface area contributed by atoms with Gasteiger partial charge < -0.3 is 4.90 Å². The quantitative estimate of drug-likeness (QED) is 0.733. The lowest BCUT2D eigenvalue weighted by molar-refractivity contribution is -0.130. The standard InChI is InChI=1S/C20H24N2O3S/c1-4-21(5-2)20(23)19-18(16-9-7-6-8-10-16)22(19)26(24,25)17-13-11-15(3)12-14-17/h6-14,18-19H,4-5H2,1-3H3/t18-,19-,22?/m0/s1. The molecule has 0 radical (unpaired) electrons. The molecular formula is C20H24N2O3S. The molecule has 0 aliphatic carbocycles. The van der Waals surface area contributed by atoms with E-state index in [1.165, 1.54) is 4.31 Å². The van der Waals surface area contributed by atoms with Crippen molar-refractivity contribution in [2.75, 3.05) is 13.1 Å². The first-order chi connectivity index (χ1) is 12.4. The summed E-state index contributed by atoms with van der Waals surface area (Å²) in [5, 5.41) is 0. The number of carbonyl (C=O) groups is 1. The Bertz CT molecular complexity index is 875. The molecule has 0 aromatic heterocycles. The van der Waals surface area contributed by atoms with Gasteiger partial charge in [0.15, 0.2) is 0 Å². The highest BCUT2D eigenvalue weighted by Gasteiger charge is 2.60. The molecule has 0 saturated carbocycles. The van der Waals surface area contributed by atoms with Crippen molar-refractivity contribution in [3.05, 3.63) is 65.7 Å². The van der Waals surface area contributed by atoms with Crippen LogP contribution in [0.4, 0.5) is 0 Å². The van der Waals surface area contributed by atoms with Crippen LogP contribution in [0, 0.1) is 6.92 Å². The maximum Gasteiger partial charge on any atom is 0.244 e. The van der Waals surface area contributed by atoms with Crippen molar-refractivity contribution >= 4 is 15.9 Å². The Kier molecular flexibility index (Phi) is 5.16. The topological polar surface area (TPSA) is 57.5 Å². The van der Waals surface area contributed by atoms with Crippen molar-refractivity contribution < 1.29 is 13.2 Å². The van der Waals surface area contributed by atoms with Gasteiger partial charge in [0.25, 0.3) is 0 Å². The van der Waals surface area contributed by atoms with Crippen LogP contribution in [0.2, 0.25) is 0 Å². The zero-order valence-corrected chi connectivity index (χ0v) is 16.1. The van der Waals surface area contributed by atoms with E-state index in [0.717, 1.165) is 11.1 Å². The molecule has 3 rings (SSSR count). The number of hydrogen-bond donors (Lipinski definition) is 0. The Labute approximate surface area is 155 Å². The maximum absolute atomic E-state index is 13.2. The van der Waals surface area contributed by atoms with Crippen LogP contribution in [0.3, 0.4) is 0 Å². The molecule has 1 amide bonds. The molecule has 2 aromatic rings. The Morgan fingerprint density at radius 2 is 1.58 bits per heavy atom. The fourth-order valence-corrected chi connectivity index (χ4v) is 5.00. The summed E-state index contributed by atoms with van der Waals surface area (Å²) in [4.78, 5) is 14.8. The van der Waals surface area contributed by atoms with Crippen molar-refractivity contribution in [3.63, 3.8) is 0 Å². The number of benzene rings is 2. The van der Waals surface area contributed by atoms with Crippen LogP contribution in [0.1, 0.15) is 31.0 Å². The first kappa shape index (κ1) is 18.6. The average molecular weight is 372 g/mol. The fourth-order valence-electron chi connectivity index (χ4n) is 3.29. The molecule has 1 heterocycles. The Morgan fingerprint density at radius 1 is 1.00 bits per heavy atom. The van der Waals surface area contributed by atoms with E-state index in [0.29, 0.717) is 13.1 Å². The van der Waals surface area contributed by atoms with Crippen LogP contribution >= 0.6 is 0 Å². The Hall–Kier alpha value is -2.18. The van der Waals surface area contributed by atoms with E-state index >= 15 is 0 Å². The first-order valence-electron chi connectivity index (χ1n) is 8.85. The summed E-state index contributed by atoms with van der Waals surface area (Å²) >= 11 is 0. The monoisotopic (exact) mass is 372 g/mol. The molecule has 1 unspecified atom stereocenters. The number of rotatable bonds is 6. The van der Waals surface area contributed by atoms with Gasteiger partial charge in [-0.15, -0.1) is 0 Å². The summed E-state index contributed by atoms with van der Waals surface area (Å²) in [7, 11) is -3.74. The van der Waals surface area contributed by atoms with Crippen molar-refractivity contribution in [1.82, 2.24) is 9.21 Å². The summed E-state index contributed by atoms with van der Waals surface area (Å²) in [6.07, 6.45) is 0. The molecule has 2 aromatic carbocycles. The zero-order valence-electron chi connectivity index (χ0n) is 15.3. The minimum atomic E-state index is -3.74. The molecule has 6 heteroatoms. The Morgan fingerprint density at radius 3 is 2.12 bits per heavy atom. The lowest BCUT2D eigenvalue weighted by Gasteiger charge is -2.18. The van der Waals surface area contributed by atoms with Crippen molar-refractivity contribution in [2.45, 2.75) is 37.8 Å². The third kappa shape index (κ3) is 3.27. The van der Waals surface area contributed by atoms with E-state index in [9.17, 15) is 13.2 Å². The molecule has 3 atom stereocenters. The van der Waals surface area contributed by atoms with E-state index in [1.54, 1.807) is 29.2 Å². The summed E-state index contributed by atoms with van der Waals surface area (Å²) < 4.78 is 27.7. The SMILES string of the molecule is CCN(CC)C(=O)[C@@H]1[C@H](c2ccccc2)N1S(=O)(=O)c1ccc(C)cc1. The van der Waals surface area contributed by atoms with E-state index in [-0.39, 0.29) is 10.8 Å². The summed E-state index contributed by atoms with van der Waals surface area (Å²) in [6.45, 7) is 6.84. The largest absolute Gasteiger partial charge is 0.342 e. The van der Waals surface area contributed by atoms with Gasteiger partial charge in [0, 0.05) is 13.1 Å². The summed E-state index contributed by atoms with van der Waals surface area (Å²) in [5.74, 6) is -0.139. The van der Waals surface area contributed by atoms with Crippen molar-refractivity contribution in [1.29, 1.82) is 0 Å². The third-order valence-electron chi connectivity index (χ3n) is 4.82. The van der Waals surface area contributed by atoms with Crippen LogP contribution in [-0.4, -0.2) is 42.7 Å². The number of aryl methyl sites for hydroxylation is 1. The number of sulfonamides is 1. The molecule has 138 valence electrons. The van der Waals surface area contributed by atoms with Gasteiger partial charge in [-0.05, 0) is 38.5 Å². The predicted octanol–water partition coefficient (Wildman–Crippen LogP) is 2.98. The van der Waals surface area contributed by atoms with Crippen molar-refractivity contribution in [2.24, 2.45) is 0 Å². The average Bonchev–Trinajstić information content (AvgIpc) is 3.40. The number of carbonyl (C=O) groups excluding carboxylic acids is 1. The molecule has 1 fully saturated rings. The molecule has 1 aliphatic heterocycles. The van der Waals surface area contributed by atoms with Crippen molar-refractivity contribution in [3.8, 4) is 0 Å². The molecule has 0 spiro atoms. The lowest BCUT2D eigenvalue weighted by atomic mass is 10.1. The molecule has 0 bridgehead atoms. The highest BCUT2D eigenvalue weighted by atomic mass is 32.2. The normalized spacial score (nSPS) is 22.0. The van der Waals surface area contributed by atoms with Crippen LogP contribution in [0.15, 0.2) is 59.5 Å². The van der Waals surface area contributed by atoms with Gasteiger partial charge in [-0.2, -0.15) is 4.31 Å². The Balaban J connectivity index is 1.99. The maximum atomic E-state index is 13.2. The number of likely N-dealkylation sites (N-methyl/N-ethyl adjacent to an activating group) is 1. The van der Waals surface area contributed by atoms with Crippen LogP contribution in [0.25, 0.3) is 0 Å². The van der Waals surface area contributed by atoms with Gasteiger partial charge in [-0.3, -0.25) is 4.79 Å². The van der Waals surface area contributed by atoms with Crippen LogP contribution in [0.5, 0.6) is 0 Å². The summed E-state index contributed by atoms with van der Waals surface area (Å²) in [6, 6.07) is 15.0. The van der Waals surface area contributed by atoms with E-state index < -0.39 is 22.1 Å². The number of amides is 1. The zero-order chi connectivity index (χ0) is 18.9. The second kappa shape index (κ2) is 7.21. The fraction of sp³-hybridized carbons (Fsp3) is 0.350. The van der Waals surface area contributed by atoms with Crippen LogP contribution < -0.4 is 0 Å². The number of nitrogens with zero attached hydrogens (tertiary/aromatic N) is 2. The molecule has 26 heavy (non-hydrogen) atoms. The van der Waals surface area contributed by atoms with Gasteiger partial charge in [0.2, 0.25) is 15.9 Å². The predicted molar refractivity (Wildman–Crippen MR) is 101 cm³/mol. The molecule has 1 saturated heterocycles. The van der Waals surface area contributed by atoms with E-state index in [1.807, 2.05) is 51.1 Å². The minimum Gasteiger partial charge on any atom is -0.342 e. The van der Waals surface area contributed by atoms with E-state index in [4.69, 9.17) is 0 Å². The minimum absolute atomic E-state index is 0.139. The smallest absolute Gasteiger partial charge is 0.244 e. The van der Waals surface area contributed by atoms with Gasteiger partial charge in [-0.1, -0.05) is 48.0 Å². The first-order valence-corrected chi connectivity index (χ1v) is 10.3. The molecule has 0 N–H and O–H groups in total. The number of hydrogen-bond acceptors (Lipinski definition) is 3. The highest BCUT2D eigenvalue weighted by Crippen LogP contribution is 2.48. The lowest BCUT2D eigenvalue weighted by Crippen LogP contribution is -2.36. The van der Waals surface area contributed by atoms with E-state index in [2.05, 4.69) is 0 Å². The second-order valence-electron chi connectivity index (χ2n) is 6.46. The molecule has 1 aliphatic rings. The second-order valence-corrected chi connectivity index (χ2v) is 8.30. The summed E-state index contributed by atoms with van der Waals surface area (Å²) in [5.41, 5.74) is 1.83. The van der Waals surface area contributed by atoms with Crippen LogP contribution in [-0.2, 0) is 14.8 Å². The molecular weight excluding hydrogens is 348 g/mol. The third-order valence-corrected chi connectivity index (χ3v) is 6.70. The highest BCUT2D eigenvalue weighted by molar-refractivity contribution is 7.89. The molecule has 5 nitrogen and oxygen atoms in total. The van der Waals surface area contributed by atoms with Gasteiger partial charge >= 0.3 is 0 Å². The van der Waals surface area contributed by atoms with Gasteiger partial charge in [0.1, 0.15) is 6.04 Å². The van der Waals surface area contributed by atoms with Gasteiger partial charge in [0.05, 0.1) is 10.9 Å². The van der Waals surface area contributed by atoms with Gasteiger partial charge in [-0.25, -0.2) is 8.42 Å².